The smallest absolute Gasteiger partial charge is 0.244 e. The van der Waals surface area contributed by atoms with Crippen LogP contribution in [0.4, 0.5) is 0 Å². The molecule has 0 spiro atoms. The molecule has 0 aliphatic heterocycles. The van der Waals surface area contributed by atoms with Gasteiger partial charge >= 0.3 is 0 Å². The molecule has 1 unspecified atom stereocenters. The van der Waals surface area contributed by atoms with Crippen LogP contribution in [0.25, 0.3) is 10.8 Å². The predicted octanol–water partition coefficient (Wildman–Crippen LogP) is 3.71. The first-order chi connectivity index (χ1) is 19.2. The molecule has 10 nitrogen and oxygen atoms in total. The van der Waals surface area contributed by atoms with Crippen molar-refractivity contribution in [1.82, 2.24) is 25.7 Å². The molecule has 0 aliphatic rings. The van der Waals surface area contributed by atoms with Gasteiger partial charge in [0.15, 0.2) is 0 Å². The topological polar surface area (TPSA) is 146 Å². The van der Waals surface area contributed by atoms with Crippen LogP contribution in [-0.2, 0) is 27.3 Å². The van der Waals surface area contributed by atoms with Crippen molar-refractivity contribution in [2.24, 2.45) is 11.8 Å². The van der Waals surface area contributed by atoms with Crippen LogP contribution < -0.4 is 16.1 Å². The van der Waals surface area contributed by atoms with Crippen LogP contribution >= 0.6 is 0 Å². The van der Waals surface area contributed by atoms with Crippen molar-refractivity contribution in [3.8, 4) is 0 Å². The van der Waals surface area contributed by atoms with E-state index >= 15 is 0 Å². The third-order valence-corrected chi connectivity index (χ3v) is 4.94. The van der Waals surface area contributed by atoms with Crippen molar-refractivity contribution in [3.05, 3.63) is 66.7 Å². The van der Waals surface area contributed by atoms with Gasteiger partial charge in [-0.2, -0.15) is 0 Å². The van der Waals surface area contributed by atoms with Crippen LogP contribution in [0, 0.1) is 11.8 Å². The SMILES string of the molecule is CC.CC(C)C.CCNC(=O)CNC(=O)C(CC(=O)NO)Cc1ccc2ccccc2c1.OCCn1ccnc1. The summed E-state index contributed by atoms with van der Waals surface area (Å²) in [5, 5.41) is 24.4. The van der Waals surface area contributed by atoms with Crippen molar-refractivity contribution in [1.29, 1.82) is 0 Å². The van der Waals surface area contributed by atoms with Gasteiger partial charge in [-0.15, -0.1) is 0 Å². The number of aliphatic hydroxyl groups excluding tert-OH is 1. The minimum atomic E-state index is -0.697. The highest BCUT2D eigenvalue weighted by Crippen LogP contribution is 2.19. The van der Waals surface area contributed by atoms with Crippen molar-refractivity contribution < 1.29 is 24.7 Å². The van der Waals surface area contributed by atoms with E-state index in [1.807, 2.05) is 67.1 Å². The fourth-order valence-electron chi connectivity index (χ4n) is 3.28. The molecule has 5 N–H and O–H groups in total. The maximum absolute atomic E-state index is 12.4. The van der Waals surface area contributed by atoms with Gasteiger partial charge in [0.2, 0.25) is 17.7 Å². The van der Waals surface area contributed by atoms with Crippen LogP contribution in [0.15, 0.2) is 61.2 Å². The Morgan fingerprint density at radius 2 is 1.62 bits per heavy atom. The lowest BCUT2D eigenvalue weighted by Crippen LogP contribution is -2.41. The Labute approximate surface area is 238 Å². The van der Waals surface area contributed by atoms with E-state index in [9.17, 15) is 14.4 Å². The fraction of sp³-hybridized carbons (Fsp3) is 0.467. The Balaban J connectivity index is 0.000000892. The van der Waals surface area contributed by atoms with Crippen LogP contribution in [0.3, 0.4) is 0 Å². The predicted molar refractivity (Wildman–Crippen MR) is 159 cm³/mol. The molecule has 1 aromatic heterocycles. The summed E-state index contributed by atoms with van der Waals surface area (Å²) in [6, 6.07) is 13.7. The van der Waals surface area contributed by atoms with E-state index in [1.165, 1.54) is 0 Å². The molecule has 0 aliphatic carbocycles. The lowest BCUT2D eigenvalue weighted by Gasteiger charge is -2.16. The zero-order chi connectivity index (χ0) is 30.3. The van der Waals surface area contributed by atoms with Crippen molar-refractivity contribution >= 4 is 28.5 Å². The summed E-state index contributed by atoms with van der Waals surface area (Å²) < 4.78 is 1.82. The van der Waals surface area contributed by atoms with Crippen molar-refractivity contribution in [2.75, 3.05) is 19.7 Å². The second-order valence-electron chi connectivity index (χ2n) is 9.25. The number of benzene rings is 2. The number of hydroxylamine groups is 1. The largest absolute Gasteiger partial charge is 0.395 e. The highest BCUT2D eigenvalue weighted by molar-refractivity contribution is 5.89. The number of imidazole rings is 1. The number of aromatic nitrogens is 2. The Morgan fingerprint density at radius 3 is 2.17 bits per heavy atom. The molecule has 1 atom stereocenters. The highest BCUT2D eigenvalue weighted by Gasteiger charge is 2.23. The molecule has 1 heterocycles. The molecule has 2 aromatic carbocycles. The quantitative estimate of drug-likeness (QED) is 0.190. The molecular weight excluding hydrogens is 510 g/mol. The van der Waals surface area contributed by atoms with Crippen LogP contribution in [0.5, 0.6) is 0 Å². The summed E-state index contributed by atoms with van der Waals surface area (Å²) >= 11 is 0. The maximum Gasteiger partial charge on any atom is 0.244 e. The fourth-order valence-corrected chi connectivity index (χ4v) is 3.28. The number of hydrogen-bond donors (Lipinski definition) is 5. The second-order valence-corrected chi connectivity index (χ2v) is 9.25. The molecule has 222 valence electrons. The molecule has 10 heteroatoms. The summed E-state index contributed by atoms with van der Waals surface area (Å²) in [7, 11) is 0. The summed E-state index contributed by atoms with van der Waals surface area (Å²) in [6.07, 6.45) is 5.33. The summed E-state index contributed by atoms with van der Waals surface area (Å²) in [5.74, 6) is -1.22. The Hall–Kier alpha value is -3.76. The number of carbonyl (C=O) groups excluding carboxylic acids is 3. The van der Waals surface area contributed by atoms with Gasteiger partial charge < -0.3 is 20.3 Å². The lowest BCUT2D eigenvalue weighted by molar-refractivity contribution is -0.135. The molecule has 0 radical (unpaired) electrons. The molecular formula is C30H47N5O5. The number of fused-ring (bicyclic) bond motifs is 1. The average molecular weight is 558 g/mol. The molecule has 3 amide bonds. The van der Waals surface area contributed by atoms with E-state index < -0.39 is 17.7 Å². The van der Waals surface area contributed by atoms with Crippen LogP contribution in [0.2, 0.25) is 0 Å². The van der Waals surface area contributed by atoms with Gasteiger partial charge in [-0.3, -0.25) is 19.6 Å². The molecule has 3 aromatic rings. The number of aliphatic hydroxyl groups is 1. The van der Waals surface area contributed by atoms with Crippen LogP contribution in [-0.4, -0.2) is 57.3 Å². The monoisotopic (exact) mass is 557 g/mol. The van der Waals surface area contributed by atoms with E-state index in [-0.39, 0.29) is 25.5 Å². The number of nitrogens with zero attached hydrogens (tertiary/aromatic N) is 2. The number of rotatable bonds is 10. The summed E-state index contributed by atoms with van der Waals surface area (Å²) in [5.41, 5.74) is 2.45. The van der Waals surface area contributed by atoms with Crippen LogP contribution in [0.1, 0.15) is 53.5 Å². The van der Waals surface area contributed by atoms with E-state index in [0.717, 1.165) is 22.3 Å². The van der Waals surface area contributed by atoms with Gasteiger partial charge in [-0.1, -0.05) is 77.1 Å². The minimum absolute atomic E-state index is 0.151. The minimum Gasteiger partial charge on any atom is -0.395 e. The molecule has 0 fully saturated rings. The van der Waals surface area contributed by atoms with Gasteiger partial charge in [0, 0.05) is 31.9 Å². The zero-order valence-electron chi connectivity index (χ0n) is 24.7. The van der Waals surface area contributed by atoms with Gasteiger partial charge in [0.05, 0.1) is 25.4 Å². The molecule has 0 saturated carbocycles. The molecule has 0 bridgehead atoms. The first-order valence-electron chi connectivity index (χ1n) is 13.7. The Bertz CT molecular complexity index is 1100. The van der Waals surface area contributed by atoms with Gasteiger partial charge in [0.1, 0.15) is 0 Å². The molecule has 3 rings (SSSR count). The number of nitrogens with one attached hydrogen (secondary N) is 3. The third kappa shape index (κ3) is 16.3. The van der Waals surface area contributed by atoms with Crippen molar-refractivity contribution in [3.63, 3.8) is 0 Å². The normalized spacial score (nSPS) is 10.5. The number of amides is 3. The molecule has 0 saturated heterocycles. The van der Waals surface area contributed by atoms with E-state index in [4.69, 9.17) is 10.3 Å². The Kier molecular flexibility index (Phi) is 20.0. The average Bonchev–Trinajstić information content (AvgIpc) is 3.46. The summed E-state index contributed by atoms with van der Waals surface area (Å²) in [6.45, 7) is 13.4. The van der Waals surface area contributed by atoms with Gasteiger partial charge in [-0.25, -0.2) is 10.5 Å². The van der Waals surface area contributed by atoms with Gasteiger partial charge in [-0.05, 0) is 35.6 Å². The number of carbonyl (C=O) groups is 3. The third-order valence-electron chi connectivity index (χ3n) is 4.94. The maximum atomic E-state index is 12.4. The van der Waals surface area contributed by atoms with E-state index in [1.54, 1.807) is 24.9 Å². The van der Waals surface area contributed by atoms with E-state index in [0.29, 0.717) is 19.5 Å². The summed E-state index contributed by atoms with van der Waals surface area (Å²) in [4.78, 5) is 39.3. The standard InChI is InChI=1S/C19H23N3O4.C5H8N2O.C4H10.C2H6/c1-2-20-18(24)12-21-19(25)16(11-17(23)22-26)10-13-7-8-14-5-3-4-6-15(14)9-13;8-4-3-7-2-1-6-5-7;1-4(2)3;1-2/h3-9,16,26H,2,10-12H2,1H3,(H,20,24)(H,21,25)(H,22,23);1-2,5,8H,3-4H2;4H,1-3H3;1-2H3. The zero-order valence-corrected chi connectivity index (χ0v) is 24.7. The number of likely N-dealkylation sites (N-methyl/N-ethyl adjacent to an activating group) is 1. The number of hydrogen-bond acceptors (Lipinski definition) is 6. The highest BCUT2D eigenvalue weighted by atomic mass is 16.5. The van der Waals surface area contributed by atoms with E-state index in [2.05, 4.69) is 36.4 Å². The van der Waals surface area contributed by atoms with Crippen molar-refractivity contribution in [2.45, 2.75) is 60.9 Å². The lowest BCUT2D eigenvalue weighted by atomic mass is 9.93. The second kappa shape index (κ2) is 22.1. The molecule has 40 heavy (non-hydrogen) atoms. The first-order valence-corrected chi connectivity index (χ1v) is 13.7. The van der Waals surface area contributed by atoms with Gasteiger partial charge in [0.25, 0.3) is 0 Å². The Morgan fingerprint density at radius 1 is 0.975 bits per heavy atom. The first kappa shape index (κ1) is 36.2.